The van der Waals surface area contributed by atoms with Gasteiger partial charge in [-0.15, -0.1) is 0 Å². The molecule has 0 amide bonds. The van der Waals surface area contributed by atoms with E-state index in [0.717, 1.165) is 18.2 Å². The fourth-order valence-corrected chi connectivity index (χ4v) is 3.44. The molecule has 0 atom stereocenters. The minimum absolute atomic E-state index is 0.00122. The lowest BCUT2D eigenvalue weighted by Crippen LogP contribution is -2.12. The summed E-state index contributed by atoms with van der Waals surface area (Å²) in [6.45, 7) is 0. The summed E-state index contributed by atoms with van der Waals surface area (Å²) in [6, 6.07) is 10.9. The van der Waals surface area contributed by atoms with Crippen LogP contribution in [-0.4, -0.2) is 42.3 Å². The molecule has 4 aromatic rings. The van der Waals surface area contributed by atoms with Crippen LogP contribution in [0.25, 0.3) is 33.5 Å². The second-order valence-electron chi connectivity index (χ2n) is 7.07. The first-order chi connectivity index (χ1) is 15.3. The van der Waals surface area contributed by atoms with Gasteiger partial charge in [0, 0.05) is 16.7 Å². The van der Waals surface area contributed by atoms with Gasteiger partial charge in [0.2, 0.25) is 0 Å². The number of carboxylic acid groups (broad SMARTS) is 1. The molecule has 0 aliphatic heterocycles. The van der Waals surface area contributed by atoms with E-state index in [4.69, 9.17) is 10.9 Å². The second kappa shape index (κ2) is 7.91. The third-order valence-corrected chi connectivity index (χ3v) is 4.91. The zero-order valence-corrected chi connectivity index (χ0v) is 16.4. The highest BCUT2D eigenvalue weighted by atomic mass is 19.1. The lowest BCUT2D eigenvalue weighted by molar-refractivity contribution is -0.136. The average molecular weight is 436 g/mol. The number of aromatic hydroxyl groups is 2. The van der Waals surface area contributed by atoms with Gasteiger partial charge in [-0.25, -0.2) is 9.37 Å². The number of aliphatic carboxylic acids is 1. The van der Waals surface area contributed by atoms with Crippen molar-refractivity contribution in [2.75, 3.05) is 0 Å². The maximum atomic E-state index is 13.8. The molecule has 1 aromatic heterocycles. The average Bonchev–Trinajstić information content (AvgIpc) is 3.18. The van der Waals surface area contributed by atoms with Gasteiger partial charge in [0.25, 0.3) is 0 Å². The molecule has 1 heterocycles. The Morgan fingerprint density at radius 3 is 2.53 bits per heavy atom. The van der Waals surface area contributed by atoms with Crippen molar-refractivity contribution in [2.45, 2.75) is 6.42 Å². The molecule has 0 aliphatic carbocycles. The van der Waals surface area contributed by atoms with E-state index in [9.17, 15) is 24.5 Å². The Morgan fingerprint density at radius 1 is 1.06 bits per heavy atom. The minimum atomic E-state index is -1.11. The highest BCUT2D eigenvalue weighted by Gasteiger charge is 2.20. The van der Waals surface area contributed by atoms with Crippen LogP contribution in [0.4, 0.5) is 4.39 Å². The number of nitrogens with two attached hydrogens (primary N) is 1. The van der Waals surface area contributed by atoms with E-state index in [1.54, 1.807) is 18.2 Å². The number of aromatic nitrogens is 2. The smallest absolute Gasteiger partial charge is 0.307 e. The molecule has 4 rings (SSSR count). The van der Waals surface area contributed by atoms with Crippen LogP contribution in [0.15, 0.2) is 53.7 Å². The lowest BCUT2D eigenvalue weighted by atomic mass is 9.96. The normalized spacial score (nSPS) is 11.7. The molecule has 32 heavy (non-hydrogen) atoms. The minimum Gasteiger partial charge on any atom is -0.507 e. The number of nitrogens with one attached hydrogen (secondary N) is 1. The fourth-order valence-electron chi connectivity index (χ4n) is 3.44. The van der Waals surface area contributed by atoms with Crippen LogP contribution >= 0.6 is 0 Å². The van der Waals surface area contributed by atoms with Gasteiger partial charge >= 0.3 is 5.97 Å². The van der Waals surface area contributed by atoms with E-state index in [1.165, 1.54) is 12.1 Å². The topological polar surface area (TPSA) is 165 Å². The van der Waals surface area contributed by atoms with Crippen LogP contribution in [0, 0.1) is 5.82 Å². The largest absolute Gasteiger partial charge is 0.507 e. The van der Waals surface area contributed by atoms with Crippen molar-refractivity contribution in [1.29, 1.82) is 0 Å². The van der Waals surface area contributed by atoms with Crippen molar-refractivity contribution in [1.82, 2.24) is 9.97 Å². The molecule has 0 saturated carbocycles. The number of hydrogen-bond acceptors (Lipinski definition) is 6. The molecule has 0 fully saturated rings. The molecular formula is C22H17FN4O5. The Kier molecular flexibility index (Phi) is 5.11. The molecular weight excluding hydrogens is 419 g/mol. The Bertz CT molecular complexity index is 1400. The number of hydrogen-bond donors (Lipinski definition) is 6. The van der Waals surface area contributed by atoms with Gasteiger partial charge in [0.15, 0.2) is 5.84 Å². The van der Waals surface area contributed by atoms with E-state index in [0.29, 0.717) is 22.2 Å². The summed E-state index contributed by atoms with van der Waals surface area (Å²) < 4.78 is 13.8. The zero-order chi connectivity index (χ0) is 23.0. The molecule has 0 radical (unpaired) electrons. The Labute approximate surface area is 179 Å². The quantitative estimate of drug-likeness (QED) is 0.121. The summed E-state index contributed by atoms with van der Waals surface area (Å²) in [6.07, 6.45) is -0.371. The Balaban J connectivity index is 1.93. The zero-order valence-electron chi connectivity index (χ0n) is 16.4. The summed E-state index contributed by atoms with van der Waals surface area (Å²) in [5.41, 5.74) is 7.59. The second-order valence-corrected chi connectivity index (χ2v) is 7.07. The van der Waals surface area contributed by atoms with E-state index in [2.05, 4.69) is 15.1 Å². The van der Waals surface area contributed by atoms with Gasteiger partial charge in [-0.1, -0.05) is 5.16 Å². The maximum absolute atomic E-state index is 13.8. The number of imidazole rings is 1. The number of amidine groups is 1. The molecule has 0 unspecified atom stereocenters. The highest BCUT2D eigenvalue weighted by molar-refractivity contribution is 6.00. The van der Waals surface area contributed by atoms with Crippen LogP contribution < -0.4 is 5.73 Å². The summed E-state index contributed by atoms with van der Waals surface area (Å²) in [5, 5.41) is 42.2. The predicted molar refractivity (Wildman–Crippen MR) is 114 cm³/mol. The number of aromatic amines is 1. The fraction of sp³-hybridized carbons (Fsp3) is 0.0455. The number of phenols is 2. The van der Waals surface area contributed by atoms with Crippen molar-refractivity contribution >= 4 is 22.8 Å². The first kappa shape index (κ1) is 20.7. The van der Waals surface area contributed by atoms with Gasteiger partial charge < -0.3 is 31.2 Å². The molecule has 7 N–H and O–H groups in total. The molecule has 10 heteroatoms. The number of phenolic OH excluding ortho intramolecular Hbond substituents is 2. The van der Waals surface area contributed by atoms with E-state index < -0.39 is 11.8 Å². The first-order valence-electron chi connectivity index (χ1n) is 9.31. The number of carbonyl (C=O) groups is 1. The summed E-state index contributed by atoms with van der Waals surface area (Å²) in [4.78, 5) is 18.7. The summed E-state index contributed by atoms with van der Waals surface area (Å²) in [7, 11) is 0. The van der Waals surface area contributed by atoms with Crippen molar-refractivity contribution in [3.8, 4) is 34.0 Å². The number of H-pyrrole nitrogens is 1. The molecule has 0 bridgehead atoms. The first-order valence-corrected chi connectivity index (χ1v) is 9.31. The Morgan fingerprint density at radius 2 is 1.81 bits per heavy atom. The van der Waals surface area contributed by atoms with Crippen molar-refractivity contribution < 1.29 is 29.7 Å². The number of nitrogens with zero attached hydrogens (tertiary/aromatic N) is 2. The number of fused-ring (bicyclic) bond motifs is 1. The number of carboxylic acids is 1. The molecule has 162 valence electrons. The maximum Gasteiger partial charge on any atom is 0.307 e. The van der Waals surface area contributed by atoms with Crippen LogP contribution in [0.2, 0.25) is 0 Å². The SMILES string of the molecule is NC(=NO)c1ccc2nc(-c3cc(CC(=O)O)cc(-c4cc(F)ccc4O)c3O)[nH]c2c1. The summed E-state index contributed by atoms with van der Waals surface area (Å²) >= 11 is 0. The van der Waals surface area contributed by atoms with E-state index >= 15 is 0 Å². The third kappa shape index (κ3) is 3.76. The van der Waals surface area contributed by atoms with Gasteiger partial charge in [0.1, 0.15) is 23.1 Å². The molecule has 0 saturated heterocycles. The van der Waals surface area contributed by atoms with E-state index in [1.807, 2.05) is 0 Å². The van der Waals surface area contributed by atoms with Crippen LogP contribution in [0.1, 0.15) is 11.1 Å². The van der Waals surface area contributed by atoms with Gasteiger partial charge in [-0.3, -0.25) is 4.79 Å². The van der Waals surface area contributed by atoms with Crippen LogP contribution in [0.5, 0.6) is 11.5 Å². The number of halogens is 1. The summed E-state index contributed by atoms with van der Waals surface area (Å²) in [5.74, 6) is -2.24. The van der Waals surface area contributed by atoms with Crippen molar-refractivity contribution in [3.63, 3.8) is 0 Å². The lowest BCUT2D eigenvalue weighted by Gasteiger charge is -2.13. The van der Waals surface area contributed by atoms with Crippen molar-refractivity contribution in [3.05, 3.63) is 65.5 Å². The standard InChI is InChI=1S/C22H17FN4O5/c23-12-2-4-18(28)13(9-12)14-5-10(7-19(29)30)6-15(20(14)31)22-25-16-3-1-11(21(24)27-32)8-17(16)26-22/h1-6,8-9,28,31-32H,7H2,(H2,24,27)(H,25,26)(H,29,30). The van der Waals surface area contributed by atoms with Gasteiger partial charge in [-0.2, -0.15) is 0 Å². The molecule has 0 aliphatic rings. The monoisotopic (exact) mass is 436 g/mol. The van der Waals surface area contributed by atoms with Crippen LogP contribution in [-0.2, 0) is 11.2 Å². The number of oxime groups is 1. The van der Waals surface area contributed by atoms with Gasteiger partial charge in [0.05, 0.1) is 23.0 Å². The molecule has 9 nitrogen and oxygen atoms in total. The Hall–Kier alpha value is -4.60. The van der Waals surface area contributed by atoms with Crippen LogP contribution in [0.3, 0.4) is 0 Å². The number of rotatable bonds is 5. The highest BCUT2D eigenvalue weighted by Crippen LogP contribution is 2.42. The van der Waals surface area contributed by atoms with Crippen molar-refractivity contribution in [2.24, 2.45) is 10.9 Å². The predicted octanol–water partition coefficient (Wildman–Crippen LogP) is 3.17. The third-order valence-electron chi connectivity index (χ3n) is 4.91. The van der Waals surface area contributed by atoms with Gasteiger partial charge in [-0.05, 0) is 54.1 Å². The molecule has 0 spiro atoms. The number of benzene rings is 3. The molecule has 3 aromatic carbocycles. The van der Waals surface area contributed by atoms with E-state index in [-0.39, 0.29) is 46.3 Å².